The SMILES string of the molecule is CCCOc1c(Cl)cc(C(=O)NNC(=O)Cc2nc3ccccc3n2C)cc1OC. The number of methoxy groups -OCH3 is 1. The summed E-state index contributed by atoms with van der Waals surface area (Å²) in [5.74, 6) is 0.374. The van der Waals surface area contributed by atoms with E-state index >= 15 is 0 Å². The number of nitrogens with zero attached hydrogens (tertiary/aromatic N) is 2. The molecular formula is C21H23ClN4O4. The molecule has 0 aliphatic rings. The lowest BCUT2D eigenvalue weighted by Gasteiger charge is -2.14. The van der Waals surface area contributed by atoms with Gasteiger partial charge in [0.25, 0.3) is 5.91 Å². The van der Waals surface area contributed by atoms with Gasteiger partial charge in [0.05, 0.1) is 36.2 Å². The quantitative estimate of drug-likeness (QED) is 0.562. The molecule has 0 bridgehead atoms. The number of hydrogen-bond acceptors (Lipinski definition) is 5. The number of hydrogen-bond donors (Lipinski definition) is 2. The fourth-order valence-electron chi connectivity index (χ4n) is 2.94. The van der Waals surface area contributed by atoms with Crippen LogP contribution >= 0.6 is 11.6 Å². The number of imidazole rings is 1. The average molecular weight is 431 g/mol. The lowest BCUT2D eigenvalue weighted by molar-refractivity contribution is -0.121. The van der Waals surface area contributed by atoms with Crippen molar-refractivity contribution in [3.63, 3.8) is 0 Å². The van der Waals surface area contributed by atoms with Crippen molar-refractivity contribution >= 4 is 34.4 Å². The third kappa shape index (κ3) is 4.65. The summed E-state index contributed by atoms with van der Waals surface area (Å²) in [5, 5.41) is 0.249. The van der Waals surface area contributed by atoms with Gasteiger partial charge in [-0.3, -0.25) is 20.4 Å². The average Bonchev–Trinajstić information content (AvgIpc) is 3.06. The first kappa shape index (κ1) is 21.4. The highest BCUT2D eigenvalue weighted by molar-refractivity contribution is 6.32. The van der Waals surface area contributed by atoms with Crippen LogP contribution in [0.4, 0.5) is 0 Å². The Balaban J connectivity index is 1.65. The second-order valence-electron chi connectivity index (χ2n) is 6.59. The van der Waals surface area contributed by atoms with E-state index in [9.17, 15) is 9.59 Å². The first-order chi connectivity index (χ1) is 14.4. The van der Waals surface area contributed by atoms with Gasteiger partial charge in [0.2, 0.25) is 5.91 Å². The molecule has 0 spiro atoms. The summed E-state index contributed by atoms with van der Waals surface area (Å²) < 4.78 is 12.7. The number of para-hydroxylation sites is 2. The predicted octanol–water partition coefficient (Wildman–Crippen LogP) is 3.03. The van der Waals surface area contributed by atoms with E-state index in [2.05, 4.69) is 15.8 Å². The van der Waals surface area contributed by atoms with E-state index in [0.29, 0.717) is 23.9 Å². The zero-order valence-electron chi connectivity index (χ0n) is 17.0. The molecule has 0 fully saturated rings. The molecule has 2 aromatic carbocycles. The summed E-state index contributed by atoms with van der Waals surface area (Å²) in [6, 6.07) is 10.6. The maximum Gasteiger partial charge on any atom is 0.269 e. The zero-order chi connectivity index (χ0) is 21.7. The number of amides is 2. The van der Waals surface area contributed by atoms with Crippen LogP contribution in [0.1, 0.15) is 29.5 Å². The molecule has 3 rings (SSSR count). The molecule has 0 aliphatic carbocycles. The topological polar surface area (TPSA) is 94.5 Å². The number of halogens is 1. The van der Waals surface area contributed by atoms with Crippen LogP contribution in [0.15, 0.2) is 36.4 Å². The molecule has 8 nitrogen and oxygen atoms in total. The number of nitrogens with one attached hydrogen (secondary N) is 2. The molecule has 0 aliphatic heterocycles. The van der Waals surface area contributed by atoms with E-state index < -0.39 is 11.8 Å². The summed E-state index contributed by atoms with van der Waals surface area (Å²) in [6.45, 7) is 2.44. The molecule has 158 valence electrons. The van der Waals surface area contributed by atoms with E-state index in [4.69, 9.17) is 21.1 Å². The third-order valence-corrected chi connectivity index (χ3v) is 4.74. The maximum atomic E-state index is 12.5. The van der Waals surface area contributed by atoms with Crippen LogP contribution < -0.4 is 20.3 Å². The molecule has 2 N–H and O–H groups in total. The van der Waals surface area contributed by atoms with Crippen LogP contribution in [0.2, 0.25) is 5.02 Å². The Labute approximate surface area is 179 Å². The van der Waals surface area contributed by atoms with E-state index in [1.807, 2.05) is 42.8 Å². The fourth-order valence-corrected chi connectivity index (χ4v) is 3.20. The summed E-state index contributed by atoms with van der Waals surface area (Å²) in [5.41, 5.74) is 6.74. The smallest absolute Gasteiger partial charge is 0.269 e. The van der Waals surface area contributed by atoms with Crippen molar-refractivity contribution in [2.75, 3.05) is 13.7 Å². The van der Waals surface area contributed by atoms with Gasteiger partial charge in [-0.05, 0) is 30.7 Å². The molecule has 3 aromatic rings. The van der Waals surface area contributed by atoms with Gasteiger partial charge in [0.15, 0.2) is 11.5 Å². The summed E-state index contributed by atoms with van der Waals surface area (Å²) in [6.07, 6.45) is 0.818. The van der Waals surface area contributed by atoms with Crippen molar-refractivity contribution in [2.24, 2.45) is 7.05 Å². The molecule has 0 radical (unpaired) electrons. The second-order valence-corrected chi connectivity index (χ2v) is 7.00. The first-order valence-corrected chi connectivity index (χ1v) is 9.82. The van der Waals surface area contributed by atoms with E-state index in [-0.39, 0.29) is 17.0 Å². The van der Waals surface area contributed by atoms with E-state index in [0.717, 1.165) is 17.5 Å². The second kappa shape index (κ2) is 9.49. The van der Waals surface area contributed by atoms with Gasteiger partial charge in [-0.15, -0.1) is 0 Å². The minimum absolute atomic E-state index is 0.0132. The number of fused-ring (bicyclic) bond motifs is 1. The van der Waals surface area contributed by atoms with Crippen molar-refractivity contribution in [3.05, 3.63) is 52.8 Å². The molecule has 30 heavy (non-hydrogen) atoms. The number of hydrazine groups is 1. The molecular weight excluding hydrogens is 408 g/mol. The summed E-state index contributed by atoms with van der Waals surface area (Å²) in [4.78, 5) is 29.2. The highest BCUT2D eigenvalue weighted by atomic mass is 35.5. The lowest BCUT2D eigenvalue weighted by atomic mass is 10.2. The van der Waals surface area contributed by atoms with Crippen LogP contribution in [-0.4, -0.2) is 35.1 Å². The molecule has 1 heterocycles. The Hall–Kier alpha value is -3.26. The van der Waals surface area contributed by atoms with Crippen LogP contribution in [0.25, 0.3) is 11.0 Å². The van der Waals surface area contributed by atoms with Crippen molar-refractivity contribution in [3.8, 4) is 11.5 Å². The number of carbonyl (C=O) groups excluding carboxylic acids is 2. The summed E-state index contributed by atoms with van der Waals surface area (Å²) in [7, 11) is 3.30. The molecule has 0 unspecified atom stereocenters. The van der Waals surface area contributed by atoms with Crippen LogP contribution in [0, 0.1) is 0 Å². The van der Waals surface area contributed by atoms with Gasteiger partial charge in [0.1, 0.15) is 5.82 Å². The van der Waals surface area contributed by atoms with Gasteiger partial charge >= 0.3 is 0 Å². The van der Waals surface area contributed by atoms with Gasteiger partial charge in [-0.2, -0.15) is 0 Å². The number of ether oxygens (including phenoxy) is 2. The zero-order valence-corrected chi connectivity index (χ0v) is 17.7. The minimum Gasteiger partial charge on any atom is -0.493 e. The van der Waals surface area contributed by atoms with Crippen molar-refractivity contribution in [2.45, 2.75) is 19.8 Å². The van der Waals surface area contributed by atoms with Crippen LogP contribution in [0.3, 0.4) is 0 Å². The highest BCUT2D eigenvalue weighted by Gasteiger charge is 2.17. The number of rotatable bonds is 7. The normalized spacial score (nSPS) is 10.7. The highest BCUT2D eigenvalue weighted by Crippen LogP contribution is 2.36. The monoisotopic (exact) mass is 430 g/mol. The van der Waals surface area contributed by atoms with Gasteiger partial charge in [-0.25, -0.2) is 4.98 Å². The molecule has 9 heteroatoms. The van der Waals surface area contributed by atoms with E-state index in [1.54, 1.807) is 0 Å². The lowest BCUT2D eigenvalue weighted by Crippen LogP contribution is -2.42. The largest absolute Gasteiger partial charge is 0.493 e. The molecule has 2 amide bonds. The standard InChI is InChI=1S/C21H23ClN4O4/c1-4-9-30-20-14(22)10-13(11-17(20)29-3)21(28)25-24-19(27)12-18-23-15-7-5-6-8-16(15)26(18)2/h5-8,10-11H,4,9,12H2,1-3H3,(H,24,27)(H,25,28). The van der Waals surface area contributed by atoms with Crippen LogP contribution in [0.5, 0.6) is 11.5 Å². The predicted molar refractivity (Wildman–Crippen MR) is 114 cm³/mol. The molecule has 1 aromatic heterocycles. The summed E-state index contributed by atoms with van der Waals surface area (Å²) >= 11 is 6.24. The molecule has 0 saturated heterocycles. The Bertz CT molecular complexity index is 1080. The van der Waals surface area contributed by atoms with E-state index in [1.165, 1.54) is 19.2 Å². The Morgan fingerprint density at radius 1 is 1.20 bits per heavy atom. The number of aryl methyl sites for hydroxylation is 1. The number of aromatic nitrogens is 2. The Morgan fingerprint density at radius 2 is 1.97 bits per heavy atom. The maximum absolute atomic E-state index is 12.5. The molecule has 0 atom stereocenters. The van der Waals surface area contributed by atoms with Crippen molar-refractivity contribution < 1.29 is 19.1 Å². The Morgan fingerprint density at radius 3 is 2.67 bits per heavy atom. The van der Waals surface area contributed by atoms with Gasteiger partial charge in [-0.1, -0.05) is 30.7 Å². The van der Waals surface area contributed by atoms with Crippen molar-refractivity contribution in [1.82, 2.24) is 20.4 Å². The van der Waals surface area contributed by atoms with Crippen LogP contribution in [-0.2, 0) is 18.3 Å². The van der Waals surface area contributed by atoms with Gasteiger partial charge < -0.3 is 14.0 Å². The third-order valence-electron chi connectivity index (χ3n) is 4.46. The van der Waals surface area contributed by atoms with Crippen molar-refractivity contribution in [1.29, 1.82) is 0 Å². The minimum atomic E-state index is -0.532. The van der Waals surface area contributed by atoms with Gasteiger partial charge in [0, 0.05) is 12.6 Å². The number of benzene rings is 2. The Kier molecular flexibility index (Phi) is 6.79. The fraction of sp³-hybridized carbons (Fsp3) is 0.286. The number of carbonyl (C=O) groups is 2. The molecule has 0 saturated carbocycles. The first-order valence-electron chi connectivity index (χ1n) is 9.44.